The number of carbonyl (C=O) groups is 1. The van der Waals surface area contributed by atoms with Gasteiger partial charge in [-0.25, -0.2) is 0 Å². The quantitative estimate of drug-likeness (QED) is 0.626. The van der Waals surface area contributed by atoms with Crippen molar-refractivity contribution in [2.45, 2.75) is 59.4 Å². The molecule has 0 saturated carbocycles. The molecule has 0 aliphatic rings. The molecule has 0 aromatic heterocycles. The summed E-state index contributed by atoms with van der Waals surface area (Å²) < 4.78 is 0. The Morgan fingerprint density at radius 3 is 2.38 bits per heavy atom. The number of carbonyl (C=O) groups excluding carboxylic acids is 1. The summed E-state index contributed by atoms with van der Waals surface area (Å²) in [5.41, 5.74) is -0.452. The second-order valence-corrected chi connectivity index (χ2v) is 5.30. The Morgan fingerprint density at radius 1 is 1.25 bits per heavy atom. The molecule has 0 saturated heterocycles. The summed E-state index contributed by atoms with van der Waals surface area (Å²) in [4.78, 5) is 11.8. The van der Waals surface area contributed by atoms with E-state index in [0.29, 0.717) is 0 Å². The second kappa shape index (κ2) is 7.66. The lowest BCUT2D eigenvalue weighted by molar-refractivity contribution is -0.126. The van der Waals surface area contributed by atoms with Crippen LogP contribution in [0.5, 0.6) is 0 Å². The molecule has 0 radical (unpaired) electrons. The smallest absolute Gasteiger partial charge is 0.239 e. The standard InChI is InChI=1S/C13H28N2O/c1-6-15-13(4,5)12(16)14-10-8-7-9-11(2)3/h11,15H,6-10H2,1-5H3,(H,14,16). The average Bonchev–Trinajstić information content (AvgIpc) is 2.16. The molecule has 0 bridgehead atoms. The topological polar surface area (TPSA) is 41.1 Å². The van der Waals surface area contributed by atoms with Crippen LogP contribution in [0.2, 0.25) is 0 Å². The molecule has 0 aromatic rings. The Kier molecular flexibility index (Phi) is 7.39. The molecule has 1 amide bonds. The van der Waals surface area contributed by atoms with Crippen molar-refractivity contribution in [1.29, 1.82) is 0 Å². The number of rotatable bonds is 8. The molecule has 0 spiro atoms. The first-order chi connectivity index (χ1) is 7.40. The van der Waals surface area contributed by atoms with E-state index in [1.54, 1.807) is 0 Å². The molecule has 0 unspecified atom stereocenters. The molecule has 16 heavy (non-hydrogen) atoms. The van der Waals surface area contributed by atoms with E-state index in [1.165, 1.54) is 12.8 Å². The molecule has 3 heteroatoms. The molecule has 2 N–H and O–H groups in total. The van der Waals surface area contributed by atoms with Crippen molar-refractivity contribution in [3.63, 3.8) is 0 Å². The van der Waals surface area contributed by atoms with Crippen molar-refractivity contribution in [3.8, 4) is 0 Å². The molecular formula is C13H28N2O. The van der Waals surface area contributed by atoms with Gasteiger partial charge in [0.2, 0.25) is 5.91 Å². The molecule has 0 aliphatic heterocycles. The molecule has 3 nitrogen and oxygen atoms in total. The van der Waals surface area contributed by atoms with E-state index >= 15 is 0 Å². The fourth-order valence-corrected chi connectivity index (χ4v) is 1.62. The normalized spacial score (nSPS) is 11.9. The first-order valence-corrected chi connectivity index (χ1v) is 6.43. The summed E-state index contributed by atoms with van der Waals surface area (Å²) in [5.74, 6) is 0.854. The van der Waals surface area contributed by atoms with Crippen LogP contribution in [-0.2, 0) is 4.79 Å². The molecular weight excluding hydrogens is 200 g/mol. The van der Waals surface area contributed by atoms with E-state index in [0.717, 1.165) is 25.4 Å². The van der Waals surface area contributed by atoms with Gasteiger partial charge in [0.05, 0.1) is 5.54 Å². The predicted molar refractivity (Wildman–Crippen MR) is 69.5 cm³/mol. The van der Waals surface area contributed by atoms with Gasteiger partial charge in [0, 0.05) is 6.54 Å². The highest BCUT2D eigenvalue weighted by Crippen LogP contribution is 2.06. The van der Waals surface area contributed by atoms with Gasteiger partial charge < -0.3 is 10.6 Å². The molecule has 0 aliphatic carbocycles. The molecule has 0 aromatic carbocycles. The zero-order chi connectivity index (χ0) is 12.6. The third-order valence-electron chi connectivity index (χ3n) is 2.68. The summed E-state index contributed by atoms with van der Waals surface area (Å²) in [6.45, 7) is 11.9. The van der Waals surface area contributed by atoms with E-state index in [2.05, 4.69) is 24.5 Å². The van der Waals surface area contributed by atoms with Gasteiger partial charge in [-0.3, -0.25) is 4.79 Å². The van der Waals surface area contributed by atoms with Gasteiger partial charge in [0.25, 0.3) is 0 Å². The summed E-state index contributed by atoms with van der Waals surface area (Å²) in [5, 5.41) is 6.15. The summed E-state index contributed by atoms with van der Waals surface area (Å²) in [6, 6.07) is 0. The Hall–Kier alpha value is -0.570. The monoisotopic (exact) mass is 228 g/mol. The van der Waals surface area contributed by atoms with Crippen LogP contribution in [0.15, 0.2) is 0 Å². The number of hydrogen-bond donors (Lipinski definition) is 2. The lowest BCUT2D eigenvalue weighted by Crippen LogP contribution is -2.52. The van der Waals surface area contributed by atoms with Crippen LogP contribution < -0.4 is 10.6 Å². The van der Waals surface area contributed by atoms with Gasteiger partial charge in [-0.15, -0.1) is 0 Å². The minimum Gasteiger partial charge on any atom is -0.355 e. The van der Waals surface area contributed by atoms with Gasteiger partial charge in [0.1, 0.15) is 0 Å². The zero-order valence-corrected chi connectivity index (χ0v) is 11.5. The van der Waals surface area contributed by atoms with Crippen LogP contribution in [0.1, 0.15) is 53.9 Å². The summed E-state index contributed by atoms with van der Waals surface area (Å²) >= 11 is 0. The van der Waals surface area contributed by atoms with Crippen molar-refractivity contribution in [1.82, 2.24) is 10.6 Å². The maximum Gasteiger partial charge on any atom is 0.239 e. The van der Waals surface area contributed by atoms with Crippen LogP contribution >= 0.6 is 0 Å². The van der Waals surface area contributed by atoms with Crippen molar-refractivity contribution >= 4 is 5.91 Å². The molecule has 0 heterocycles. The van der Waals surface area contributed by atoms with Crippen molar-refractivity contribution < 1.29 is 4.79 Å². The Balaban J connectivity index is 3.65. The fraction of sp³-hybridized carbons (Fsp3) is 0.923. The van der Waals surface area contributed by atoms with Crippen LogP contribution in [0.4, 0.5) is 0 Å². The van der Waals surface area contributed by atoms with Gasteiger partial charge >= 0.3 is 0 Å². The van der Waals surface area contributed by atoms with Crippen molar-refractivity contribution in [2.24, 2.45) is 5.92 Å². The first-order valence-electron chi connectivity index (χ1n) is 6.43. The van der Waals surface area contributed by atoms with Gasteiger partial charge in [-0.2, -0.15) is 0 Å². The minimum atomic E-state index is -0.452. The highest BCUT2D eigenvalue weighted by molar-refractivity contribution is 5.85. The van der Waals surface area contributed by atoms with E-state index in [9.17, 15) is 4.79 Å². The molecule has 0 fully saturated rings. The van der Waals surface area contributed by atoms with Gasteiger partial charge in [0.15, 0.2) is 0 Å². The first kappa shape index (κ1) is 15.4. The lowest BCUT2D eigenvalue weighted by Gasteiger charge is -2.24. The summed E-state index contributed by atoms with van der Waals surface area (Å²) in [7, 11) is 0. The van der Waals surface area contributed by atoms with Crippen LogP contribution in [0, 0.1) is 5.92 Å². The van der Waals surface area contributed by atoms with Crippen LogP contribution in [0.25, 0.3) is 0 Å². The lowest BCUT2D eigenvalue weighted by atomic mass is 10.0. The Morgan fingerprint density at radius 2 is 1.88 bits per heavy atom. The molecule has 0 rings (SSSR count). The SMILES string of the molecule is CCNC(C)(C)C(=O)NCCCCC(C)C. The fourth-order valence-electron chi connectivity index (χ4n) is 1.62. The van der Waals surface area contributed by atoms with Crippen LogP contribution in [0.3, 0.4) is 0 Å². The van der Waals surface area contributed by atoms with Gasteiger partial charge in [-0.05, 0) is 32.7 Å². The maximum atomic E-state index is 11.8. The number of likely N-dealkylation sites (N-methyl/N-ethyl adjacent to an activating group) is 1. The number of nitrogens with one attached hydrogen (secondary N) is 2. The predicted octanol–water partition coefficient (Wildman–Crippen LogP) is 2.32. The molecule has 96 valence electrons. The zero-order valence-electron chi connectivity index (χ0n) is 11.5. The maximum absolute atomic E-state index is 11.8. The number of hydrogen-bond acceptors (Lipinski definition) is 2. The number of amides is 1. The highest BCUT2D eigenvalue weighted by atomic mass is 16.2. The number of unbranched alkanes of at least 4 members (excludes halogenated alkanes) is 1. The van der Waals surface area contributed by atoms with Crippen molar-refractivity contribution in [3.05, 3.63) is 0 Å². The van der Waals surface area contributed by atoms with E-state index in [1.807, 2.05) is 20.8 Å². The third-order valence-corrected chi connectivity index (χ3v) is 2.68. The van der Waals surface area contributed by atoms with Crippen LogP contribution in [-0.4, -0.2) is 24.5 Å². The minimum absolute atomic E-state index is 0.0962. The summed E-state index contributed by atoms with van der Waals surface area (Å²) in [6.07, 6.45) is 3.51. The van der Waals surface area contributed by atoms with Crippen molar-refractivity contribution in [2.75, 3.05) is 13.1 Å². The van der Waals surface area contributed by atoms with Gasteiger partial charge in [-0.1, -0.05) is 33.6 Å². The Labute approximate surface area is 100 Å². The largest absolute Gasteiger partial charge is 0.355 e. The highest BCUT2D eigenvalue weighted by Gasteiger charge is 2.25. The van der Waals surface area contributed by atoms with E-state index in [-0.39, 0.29) is 5.91 Å². The van der Waals surface area contributed by atoms with E-state index < -0.39 is 5.54 Å². The second-order valence-electron chi connectivity index (χ2n) is 5.30. The molecule has 0 atom stereocenters. The third kappa shape index (κ3) is 6.83. The van der Waals surface area contributed by atoms with E-state index in [4.69, 9.17) is 0 Å². The average molecular weight is 228 g/mol. The Bertz CT molecular complexity index is 200.